The molecule has 2 aromatic rings. The average Bonchev–Trinajstić information content (AvgIpc) is 2.93. The van der Waals surface area contributed by atoms with Crippen LogP contribution in [0.5, 0.6) is 0 Å². The zero-order valence-corrected chi connectivity index (χ0v) is 13.4. The number of methoxy groups -OCH3 is 1. The SMILES string of the molecule is COC(=O)/C(=C/c1cnc(C(C)(C)C)s1)c1ccncc1. The minimum absolute atomic E-state index is 0.00114. The van der Waals surface area contributed by atoms with Crippen molar-refractivity contribution in [2.24, 2.45) is 0 Å². The van der Waals surface area contributed by atoms with E-state index in [1.165, 1.54) is 7.11 Å². The molecule has 0 saturated carbocycles. The van der Waals surface area contributed by atoms with Crippen molar-refractivity contribution in [3.8, 4) is 0 Å². The Morgan fingerprint density at radius 1 is 1.29 bits per heavy atom. The van der Waals surface area contributed by atoms with Gasteiger partial charge >= 0.3 is 5.97 Å². The second kappa shape index (κ2) is 6.18. The van der Waals surface area contributed by atoms with E-state index in [0.717, 1.165) is 15.4 Å². The average molecular weight is 302 g/mol. The quantitative estimate of drug-likeness (QED) is 0.642. The van der Waals surface area contributed by atoms with Gasteiger partial charge in [-0.15, -0.1) is 11.3 Å². The highest BCUT2D eigenvalue weighted by atomic mass is 32.1. The summed E-state index contributed by atoms with van der Waals surface area (Å²) in [7, 11) is 1.38. The fraction of sp³-hybridized carbons (Fsp3) is 0.312. The number of pyridine rings is 1. The van der Waals surface area contributed by atoms with Gasteiger partial charge in [0, 0.05) is 28.9 Å². The highest BCUT2D eigenvalue weighted by Gasteiger charge is 2.19. The van der Waals surface area contributed by atoms with Crippen LogP contribution < -0.4 is 0 Å². The van der Waals surface area contributed by atoms with Crippen molar-refractivity contribution in [3.05, 3.63) is 46.2 Å². The molecule has 4 nitrogen and oxygen atoms in total. The molecule has 0 radical (unpaired) electrons. The number of hydrogen-bond acceptors (Lipinski definition) is 5. The summed E-state index contributed by atoms with van der Waals surface area (Å²) in [5.74, 6) is -0.369. The molecule has 0 bridgehead atoms. The van der Waals surface area contributed by atoms with Gasteiger partial charge in [-0.3, -0.25) is 4.98 Å². The third-order valence-corrected chi connectivity index (χ3v) is 4.22. The number of carbonyl (C=O) groups is 1. The Kier molecular flexibility index (Phi) is 4.53. The normalized spacial score (nSPS) is 12.3. The second-order valence-corrected chi connectivity index (χ2v) is 6.67. The number of thiazole rings is 1. The van der Waals surface area contributed by atoms with Crippen LogP contribution in [0.2, 0.25) is 0 Å². The van der Waals surface area contributed by atoms with Gasteiger partial charge in [-0.1, -0.05) is 20.8 Å². The minimum Gasteiger partial charge on any atom is -0.465 e. The van der Waals surface area contributed by atoms with Crippen molar-refractivity contribution < 1.29 is 9.53 Å². The molecule has 0 unspecified atom stereocenters. The van der Waals surface area contributed by atoms with Crippen LogP contribution in [0.4, 0.5) is 0 Å². The number of rotatable bonds is 3. The molecule has 5 heteroatoms. The molecule has 0 N–H and O–H groups in total. The second-order valence-electron chi connectivity index (χ2n) is 5.60. The topological polar surface area (TPSA) is 52.1 Å². The zero-order valence-electron chi connectivity index (χ0n) is 12.6. The largest absolute Gasteiger partial charge is 0.465 e. The van der Waals surface area contributed by atoms with E-state index in [4.69, 9.17) is 4.74 Å². The monoisotopic (exact) mass is 302 g/mol. The standard InChI is InChI=1S/C16H18N2O2S/c1-16(2,3)15-18-10-12(21-15)9-13(14(19)20-4)11-5-7-17-8-6-11/h5-10H,1-4H3/b13-9+. The lowest BCUT2D eigenvalue weighted by Gasteiger charge is -2.13. The van der Waals surface area contributed by atoms with Crippen molar-refractivity contribution in [1.82, 2.24) is 9.97 Å². The van der Waals surface area contributed by atoms with Gasteiger partial charge in [0.15, 0.2) is 0 Å². The molecule has 0 fully saturated rings. The first kappa shape index (κ1) is 15.4. The number of hydrogen-bond donors (Lipinski definition) is 0. The summed E-state index contributed by atoms with van der Waals surface area (Å²) in [4.78, 5) is 21.3. The molecule has 2 heterocycles. The first-order valence-corrected chi connectivity index (χ1v) is 7.40. The molecule has 0 spiro atoms. The molecule has 21 heavy (non-hydrogen) atoms. The molecule has 0 aromatic carbocycles. The molecule has 2 rings (SSSR count). The Hall–Kier alpha value is -2.01. The van der Waals surface area contributed by atoms with Gasteiger partial charge in [0.05, 0.1) is 17.7 Å². The van der Waals surface area contributed by atoms with Crippen molar-refractivity contribution in [2.45, 2.75) is 26.2 Å². The first-order valence-electron chi connectivity index (χ1n) is 6.58. The van der Waals surface area contributed by atoms with Crippen molar-refractivity contribution in [3.63, 3.8) is 0 Å². The predicted octanol–water partition coefficient (Wildman–Crippen LogP) is 3.55. The van der Waals surface area contributed by atoms with E-state index in [1.807, 2.05) is 6.08 Å². The number of ether oxygens (including phenoxy) is 1. The Morgan fingerprint density at radius 3 is 2.48 bits per heavy atom. The van der Waals surface area contributed by atoms with Gasteiger partial charge < -0.3 is 4.74 Å². The molecular weight excluding hydrogens is 284 g/mol. The summed E-state index contributed by atoms with van der Waals surface area (Å²) in [5.41, 5.74) is 1.28. The first-order chi connectivity index (χ1) is 9.91. The molecule has 0 amide bonds. The van der Waals surface area contributed by atoms with E-state index >= 15 is 0 Å². The lowest BCUT2D eigenvalue weighted by atomic mass is 9.98. The predicted molar refractivity (Wildman–Crippen MR) is 84.9 cm³/mol. The van der Waals surface area contributed by atoms with E-state index in [2.05, 4.69) is 30.7 Å². The maximum Gasteiger partial charge on any atom is 0.338 e. The summed E-state index contributed by atoms with van der Waals surface area (Å²) in [6.45, 7) is 6.34. The van der Waals surface area contributed by atoms with Gasteiger partial charge in [0.1, 0.15) is 0 Å². The smallest absolute Gasteiger partial charge is 0.338 e. The fourth-order valence-electron chi connectivity index (χ4n) is 1.74. The molecule has 0 saturated heterocycles. The minimum atomic E-state index is -0.369. The third-order valence-electron chi connectivity index (χ3n) is 2.85. The summed E-state index contributed by atoms with van der Waals surface area (Å²) < 4.78 is 4.87. The zero-order chi connectivity index (χ0) is 15.5. The summed E-state index contributed by atoms with van der Waals surface area (Å²) in [5, 5.41) is 1.03. The van der Waals surface area contributed by atoms with Crippen LogP contribution in [0.15, 0.2) is 30.7 Å². The van der Waals surface area contributed by atoms with Crippen LogP contribution in [-0.4, -0.2) is 23.0 Å². The van der Waals surface area contributed by atoms with E-state index in [1.54, 1.807) is 42.1 Å². The lowest BCUT2D eigenvalue weighted by molar-refractivity contribution is -0.133. The number of aromatic nitrogens is 2. The van der Waals surface area contributed by atoms with E-state index in [9.17, 15) is 4.79 Å². The van der Waals surface area contributed by atoms with Gasteiger partial charge in [-0.25, -0.2) is 9.78 Å². The van der Waals surface area contributed by atoms with E-state index in [-0.39, 0.29) is 11.4 Å². The van der Waals surface area contributed by atoms with Gasteiger partial charge in [0.2, 0.25) is 0 Å². The summed E-state index contributed by atoms with van der Waals surface area (Å²) in [6, 6.07) is 3.57. The molecule has 0 aliphatic carbocycles. The van der Waals surface area contributed by atoms with Crippen LogP contribution in [0.1, 0.15) is 36.2 Å². The summed E-state index contributed by atoms with van der Waals surface area (Å²) in [6.07, 6.45) is 6.90. The highest BCUT2D eigenvalue weighted by Crippen LogP contribution is 2.29. The van der Waals surface area contributed by atoms with Gasteiger partial charge in [-0.05, 0) is 23.8 Å². The van der Waals surface area contributed by atoms with Crippen LogP contribution in [0.3, 0.4) is 0 Å². The van der Waals surface area contributed by atoms with Crippen LogP contribution >= 0.6 is 11.3 Å². The molecule has 110 valence electrons. The molecular formula is C16H18N2O2S. The third kappa shape index (κ3) is 3.76. The number of nitrogens with zero attached hydrogens (tertiary/aromatic N) is 2. The van der Waals surface area contributed by atoms with E-state index in [0.29, 0.717) is 5.57 Å². The Balaban J connectivity index is 2.42. The molecule has 0 aliphatic rings. The molecule has 2 aromatic heterocycles. The van der Waals surface area contributed by atoms with Crippen molar-refractivity contribution >= 4 is 29.0 Å². The fourth-order valence-corrected chi connectivity index (χ4v) is 2.66. The van der Waals surface area contributed by atoms with Gasteiger partial charge in [0.25, 0.3) is 0 Å². The van der Waals surface area contributed by atoms with Crippen molar-refractivity contribution in [1.29, 1.82) is 0 Å². The van der Waals surface area contributed by atoms with Crippen LogP contribution in [0.25, 0.3) is 11.6 Å². The number of esters is 1. The maximum absolute atomic E-state index is 12.0. The van der Waals surface area contributed by atoms with Crippen LogP contribution in [-0.2, 0) is 14.9 Å². The van der Waals surface area contributed by atoms with Gasteiger partial charge in [-0.2, -0.15) is 0 Å². The number of carbonyl (C=O) groups excluding carboxylic acids is 1. The van der Waals surface area contributed by atoms with Crippen LogP contribution in [0, 0.1) is 0 Å². The van der Waals surface area contributed by atoms with E-state index < -0.39 is 0 Å². The highest BCUT2D eigenvalue weighted by molar-refractivity contribution is 7.12. The Labute approximate surface area is 128 Å². The molecule has 0 atom stereocenters. The Morgan fingerprint density at radius 2 is 1.95 bits per heavy atom. The molecule has 0 aliphatic heterocycles. The van der Waals surface area contributed by atoms with Crippen molar-refractivity contribution in [2.75, 3.05) is 7.11 Å². The maximum atomic E-state index is 12.0. The Bertz CT molecular complexity index is 654. The lowest BCUT2D eigenvalue weighted by Crippen LogP contribution is -2.09. The summed E-state index contributed by atoms with van der Waals surface area (Å²) >= 11 is 1.58.